The zero-order valence-electron chi connectivity index (χ0n) is 9.85. The summed E-state index contributed by atoms with van der Waals surface area (Å²) in [6.07, 6.45) is 0. The molecule has 0 aliphatic carbocycles. The summed E-state index contributed by atoms with van der Waals surface area (Å²) in [5.41, 5.74) is 2.67. The van der Waals surface area contributed by atoms with Gasteiger partial charge in [-0.3, -0.25) is 0 Å². The van der Waals surface area contributed by atoms with Crippen molar-refractivity contribution in [3.63, 3.8) is 0 Å². The van der Waals surface area contributed by atoms with E-state index in [1.165, 1.54) is 0 Å². The second-order valence-electron chi connectivity index (χ2n) is 3.91. The van der Waals surface area contributed by atoms with Crippen LogP contribution in [-0.2, 0) is 0 Å². The Balaban J connectivity index is 2.29. The molecule has 0 spiro atoms. The maximum absolute atomic E-state index is 8.26. The lowest BCUT2D eigenvalue weighted by Gasteiger charge is -2.18. The number of rotatable bonds is 4. The summed E-state index contributed by atoms with van der Waals surface area (Å²) in [5, 5.41) is 11.5. The van der Waals surface area contributed by atoms with E-state index < -0.39 is 0 Å². The summed E-state index contributed by atoms with van der Waals surface area (Å²) in [5.74, 6) is 0. The summed E-state index contributed by atoms with van der Waals surface area (Å²) < 4.78 is 0. The Morgan fingerprint density at radius 2 is 1.47 bits per heavy atom. The molecule has 1 unspecified atom stereocenters. The molecule has 0 bridgehead atoms. The minimum atomic E-state index is -0.0569. The third kappa shape index (κ3) is 2.60. The Hall–Kier alpha value is -1.93. The normalized spacial score (nSPS) is 12.1. The van der Waals surface area contributed by atoms with Gasteiger partial charge in [0.1, 0.15) is 0 Å². The van der Waals surface area contributed by atoms with Crippen molar-refractivity contribution in [2.24, 2.45) is 0 Å². The fraction of sp³-hybridized carbons (Fsp3) is 0.133. The molecule has 0 saturated heterocycles. The number of hydrogen-bond acceptors (Lipinski definition) is 2. The van der Waals surface area contributed by atoms with Gasteiger partial charge in [0, 0.05) is 0 Å². The van der Waals surface area contributed by atoms with Crippen molar-refractivity contribution in [2.45, 2.75) is 6.04 Å². The summed E-state index contributed by atoms with van der Waals surface area (Å²) in [7, 11) is 1.88. The van der Waals surface area contributed by atoms with Crippen molar-refractivity contribution in [1.29, 1.82) is 5.41 Å². The fourth-order valence-corrected chi connectivity index (χ4v) is 1.91. The molecule has 2 heteroatoms. The smallest absolute Gasteiger partial charge is 0.0747 e. The zero-order chi connectivity index (χ0) is 12.1. The summed E-state index contributed by atoms with van der Waals surface area (Å²) in [6, 6.07) is 19.8. The van der Waals surface area contributed by atoms with E-state index in [1.54, 1.807) is 0 Å². The first kappa shape index (κ1) is 11.6. The molecule has 1 atom stereocenters. The van der Waals surface area contributed by atoms with Crippen LogP contribution in [-0.4, -0.2) is 12.8 Å². The van der Waals surface area contributed by atoms with E-state index in [-0.39, 0.29) is 6.04 Å². The highest BCUT2D eigenvalue weighted by molar-refractivity contribution is 6.02. The molecule has 2 N–H and O–H groups in total. The summed E-state index contributed by atoms with van der Waals surface area (Å²) >= 11 is 0. The van der Waals surface area contributed by atoms with Crippen LogP contribution >= 0.6 is 0 Å². The molecule has 0 saturated carbocycles. The molecule has 0 amide bonds. The highest BCUT2D eigenvalue weighted by atomic mass is 14.9. The lowest BCUT2D eigenvalue weighted by atomic mass is 9.97. The molecule has 86 valence electrons. The molecule has 0 aromatic heterocycles. The van der Waals surface area contributed by atoms with E-state index in [1.807, 2.05) is 67.7 Å². The van der Waals surface area contributed by atoms with Crippen LogP contribution in [0.4, 0.5) is 0 Å². The third-order valence-electron chi connectivity index (χ3n) is 2.80. The van der Waals surface area contributed by atoms with E-state index in [2.05, 4.69) is 5.32 Å². The lowest BCUT2D eigenvalue weighted by Crippen LogP contribution is -2.25. The van der Waals surface area contributed by atoms with Crippen LogP contribution < -0.4 is 5.32 Å². The molecular formula is C15H16N2. The molecule has 2 nitrogen and oxygen atoms in total. The van der Waals surface area contributed by atoms with Crippen LogP contribution in [0.2, 0.25) is 0 Å². The average molecular weight is 224 g/mol. The molecule has 0 aliphatic rings. The Labute approximate surface area is 102 Å². The molecule has 0 fully saturated rings. The molecule has 2 aromatic rings. The quantitative estimate of drug-likeness (QED) is 0.769. The maximum atomic E-state index is 8.26. The molecular weight excluding hydrogens is 208 g/mol. The molecule has 2 aromatic carbocycles. The number of benzene rings is 2. The Morgan fingerprint density at radius 3 is 2.00 bits per heavy atom. The first-order valence-electron chi connectivity index (χ1n) is 5.69. The van der Waals surface area contributed by atoms with Crippen LogP contribution in [0, 0.1) is 5.41 Å². The second-order valence-corrected chi connectivity index (χ2v) is 3.91. The molecule has 0 heterocycles. The second kappa shape index (κ2) is 5.41. The summed E-state index contributed by atoms with van der Waals surface area (Å²) in [4.78, 5) is 0. The van der Waals surface area contributed by atoms with Crippen LogP contribution in [0.1, 0.15) is 17.2 Å². The van der Waals surface area contributed by atoms with Gasteiger partial charge in [-0.1, -0.05) is 60.7 Å². The monoisotopic (exact) mass is 224 g/mol. The third-order valence-corrected chi connectivity index (χ3v) is 2.80. The van der Waals surface area contributed by atoms with Gasteiger partial charge in [0.2, 0.25) is 0 Å². The first-order valence-corrected chi connectivity index (χ1v) is 5.69. The van der Waals surface area contributed by atoms with Crippen LogP contribution in [0.3, 0.4) is 0 Å². The van der Waals surface area contributed by atoms with Gasteiger partial charge in [-0.05, 0) is 18.2 Å². The standard InChI is InChI=1S/C15H16N2/c1-17-15(13-10-6-3-7-11-13)14(16)12-8-4-2-5-9-12/h2-11,15-17H,1H3. The minimum Gasteiger partial charge on any atom is -0.308 e. The number of likely N-dealkylation sites (N-methyl/N-ethyl adjacent to an activating group) is 1. The van der Waals surface area contributed by atoms with Gasteiger partial charge >= 0.3 is 0 Å². The zero-order valence-corrected chi connectivity index (χ0v) is 9.85. The van der Waals surface area contributed by atoms with Gasteiger partial charge in [0.25, 0.3) is 0 Å². The topological polar surface area (TPSA) is 35.9 Å². The summed E-state index contributed by atoms with van der Waals surface area (Å²) in [6.45, 7) is 0. The Kier molecular flexibility index (Phi) is 3.68. The van der Waals surface area contributed by atoms with Crippen LogP contribution in [0.15, 0.2) is 60.7 Å². The van der Waals surface area contributed by atoms with Crippen molar-refractivity contribution >= 4 is 5.71 Å². The van der Waals surface area contributed by atoms with E-state index in [0.29, 0.717) is 5.71 Å². The highest BCUT2D eigenvalue weighted by Crippen LogP contribution is 2.17. The highest BCUT2D eigenvalue weighted by Gasteiger charge is 2.15. The van der Waals surface area contributed by atoms with Crippen molar-refractivity contribution in [1.82, 2.24) is 5.32 Å². The van der Waals surface area contributed by atoms with Gasteiger partial charge in [-0.2, -0.15) is 0 Å². The van der Waals surface area contributed by atoms with Gasteiger partial charge in [0.15, 0.2) is 0 Å². The minimum absolute atomic E-state index is 0.0569. The Bertz CT molecular complexity index is 477. The molecule has 2 rings (SSSR count). The predicted octanol–water partition coefficient (Wildman–Crippen LogP) is 3.02. The van der Waals surface area contributed by atoms with Gasteiger partial charge in [-0.25, -0.2) is 0 Å². The van der Waals surface area contributed by atoms with Gasteiger partial charge < -0.3 is 10.7 Å². The van der Waals surface area contributed by atoms with Crippen molar-refractivity contribution < 1.29 is 0 Å². The van der Waals surface area contributed by atoms with Crippen molar-refractivity contribution in [2.75, 3.05) is 7.05 Å². The van der Waals surface area contributed by atoms with E-state index in [0.717, 1.165) is 11.1 Å². The lowest BCUT2D eigenvalue weighted by molar-refractivity contribution is 0.746. The first-order chi connectivity index (χ1) is 8.33. The SMILES string of the molecule is CNC(C(=N)c1ccccc1)c1ccccc1. The number of hydrogen-bond donors (Lipinski definition) is 2. The van der Waals surface area contributed by atoms with Crippen LogP contribution in [0.25, 0.3) is 0 Å². The largest absolute Gasteiger partial charge is 0.308 e. The van der Waals surface area contributed by atoms with E-state index >= 15 is 0 Å². The van der Waals surface area contributed by atoms with Crippen LogP contribution in [0.5, 0.6) is 0 Å². The fourth-order valence-electron chi connectivity index (χ4n) is 1.91. The number of nitrogens with one attached hydrogen (secondary N) is 2. The van der Waals surface area contributed by atoms with Crippen molar-refractivity contribution in [3.05, 3.63) is 71.8 Å². The predicted molar refractivity (Wildman–Crippen MR) is 71.5 cm³/mol. The van der Waals surface area contributed by atoms with Gasteiger partial charge in [0.05, 0.1) is 11.8 Å². The van der Waals surface area contributed by atoms with Gasteiger partial charge in [-0.15, -0.1) is 0 Å². The Morgan fingerprint density at radius 1 is 0.941 bits per heavy atom. The molecule has 17 heavy (non-hydrogen) atoms. The van der Waals surface area contributed by atoms with E-state index in [4.69, 9.17) is 5.41 Å². The average Bonchev–Trinajstić information content (AvgIpc) is 2.42. The molecule has 0 radical (unpaired) electrons. The maximum Gasteiger partial charge on any atom is 0.0747 e. The molecule has 0 aliphatic heterocycles. The van der Waals surface area contributed by atoms with Crippen molar-refractivity contribution in [3.8, 4) is 0 Å². The van der Waals surface area contributed by atoms with E-state index in [9.17, 15) is 0 Å².